The van der Waals surface area contributed by atoms with Gasteiger partial charge in [0.1, 0.15) is 0 Å². The predicted molar refractivity (Wildman–Crippen MR) is 49.1 cm³/mol. The van der Waals surface area contributed by atoms with Gasteiger partial charge in [-0.05, 0) is 12.3 Å². The van der Waals surface area contributed by atoms with E-state index in [-0.39, 0.29) is 6.03 Å². The van der Waals surface area contributed by atoms with Crippen LogP contribution in [-0.4, -0.2) is 42.5 Å². The summed E-state index contributed by atoms with van der Waals surface area (Å²) in [7, 11) is 1.86. The van der Waals surface area contributed by atoms with Crippen molar-refractivity contribution >= 4 is 6.03 Å². The Kier molecular flexibility index (Phi) is 2.95. The Morgan fingerprint density at radius 3 is 2.50 bits per heavy atom. The maximum Gasteiger partial charge on any atom is 0.319 e. The van der Waals surface area contributed by atoms with Gasteiger partial charge in [-0.25, -0.2) is 4.79 Å². The van der Waals surface area contributed by atoms with E-state index >= 15 is 0 Å². The number of amides is 2. The molecule has 2 amide bonds. The Labute approximate surface area is 74.3 Å². The Hall–Kier alpha value is -0.730. The third-order valence-electron chi connectivity index (χ3n) is 2.28. The van der Waals surface area contributed by atoms with Crippen LogP contribution in [-0.2, 0) is 0 Å². The van der Waals surface area contributed by atoms with Gasteiger partial charge in [0.2, 0.25) is 0 Å². The molecular weight excluding hydrogens is 152 g/mol. The number of nitrogens with zero attached hydrogens (tertiary/aromatic N) is 2. The van der Waals surface area contributed by atoms with Gasteiger partial charge < -0.3 is 9.80 Å². The molecule has 12 heavy (non-hydrogen) atoms. The van der Waals surface area contributed by atoms with Crippen molar-refractivity contribution in [3.8, 4) is 0 Å². The van der Waals surface area contributed by atoms with Gasteiger partial charge in [-0.15, -0.1) is 0 Å². The highest BCUT2D eigenvalue weighted by molar-refractivity contribution is 5.76. The average Bonchev–Trinajstić information content (AvgIpc) is 2.30. The lowest BCUT2D eigenvalue weighted by Crippen LogP contribution is -2.30. The lowest BCUT2D eigenvalue weighted by molar-refractivity contribution is 0.196. The van der Waals surface area contributed by atoms with Crippen LogP contribution in [0.2, 0.25) is 0 Å². The smallest absolute Gasteiger partial charge is 0.319 e. The Morgan fingerprint density at radius 2 is 2.08 bits per heavy atom. The van der Waals surface area contributed by atoms with Crippen LogP contribution < -0.4 is 0 Å². The van der Waals surface area contributed by atoms with Crippen molar-refractivity contribution in [1.82, 2.24) is 9.80 Å². The summed E-state index contributed by atoms with van der Waals surface area (Å²) in [4.78, 5) is 15.1. The van der Waals surface area contributed by atoms with Crippen molar-refractivity contribution < 1.29 is 4.79 Å². The molecule has 70 valence electrons. The number of carbonyl (C=O) groups excluding carboxylic acids is 1. The number of hydrogen-bond donors (Lipinski definition) is 0. The van der Waals surface area contributed by atoms with Crippen molar-refractivity contribution in [2.75, 3.05) is 26.7 Å². The molecule has 0 spiro atoms. The first-order chi connectivity index (χ1) is 5.61. The van der Waals surface area contributed by atoms with E-state index in [1.54, 1.807) is 4.90 Å². The largest absolute Gasteiger partial charge is 0.326 e. The van der Waals surface area contributed by atoms with E-state index in [4.69, 9.17) is 0 Å². The van der Waals surface area contributed by atoms with Crippen LogP contribution in [0.1, 0.15) is 20.3 Å². The van der Waals surface area contributed by atoms with Crippen molar-refractivity contribution in [2.24, 2.45) is 5.92 Å². The van der Waals surface area contributed by atoms with Crippen LogP contribution in [0.25, 0.3) is 0 Å². The van der Waals surface area contributed by atoms with Crippen LogP contribution in [0.4, 0.5) is 4.79 Å². The van der Waals surface area contributed by atoms with Crippen LogP contribution in [0.15, 0.2) is 0 Å². The molecule has 0 atom stereocenters. The SMILES string of the molecule is CC(C)CCN1CCN(C)C1=O. The second-order valence-electron chi connectivity index (χ2n) is 3.87. The predicted octanol–water partition coefficient (Wildman–Crippen LogP) is 1.40. The van der Waals surface area contributed by atoms with Crippen LogP contribution >= 0.6 is 0 Å². The molecule has 3 heteroatoms. The topological polar surface area (TPSA) is 23.6 Å². The number of rotatable bonds is 3. The zero-order valence-electron chi connectivity index (χ0n) is 8.21. The van der Waals surface area contributed by atoms with E-state index in [1.165, 1.54) is 0 Å². The molecule has 1 aliphatic heterocycles. The summed E-state index contributed by atoms with van der Waals surface area (Å²) in [5.74, 6) is 0.684. The molecule has 0 aliphatic carbocycles. The zero-order valence-corrected chi connectivity index (χ0v) is 8.21. The molecule has 1 aliphatic rings. The second-order valence-corrected chi connectivity index (χ2v) is 3.87. The van der Waals surface area contributed by atoms with Gasteiger partial charge in [-0.2, -0.15) is 0 Å². The molecule has 3 nitrogen and oxygen atoms in total. The monoisotopic (exact) mass is 170 g/mol. The van der Waals surface area contributed by atoms with E-state index in [1.807, 2.05) is 11.9 Å². The molecule has 1 fully saturated rings. The molecule has 0 aromatic heterocycles. The fourth-order valence-corrected chi connectivity index (χ4v) is 1.32. The molecule has 1 saturated heterocycles. The molecule has 0 saturated carbocycles. The number of hydrogen-bond acceptors (Lipinski definition) is 1. The van der Waals surface area contributed by atoms with Crippen molar-refractivity contribution in [3.63, 3.8) is 0 Å². The summed E-state index contributed by atoms with van der Waals surface area (Å²) >= 11 is 0. The van der Waals surface area contributed by atoms with Gasteiger partial charge in [-0.1, -0.05) is 13.8 Å². The molecule has 0 aromatic rings. The Balaban J connectivity index is 2.30. The minimum absolute atomic E-state index is 0.190. The van der Waals surface area contributed by atoms with E-state index in [0.717, 1.165) is 26.1 Å². The molecule has 1 rings (SSSR count). The van der Waals surface area contributed by atoms with E-state index in [0.29, 0.717) is 5.92 Å². The molecule has 0 unspecified atom stereocenters. The molecule has 0 aromatic carbocycles. The van der Waals surface area contributed by atoms with E-state index in [2.05, 4.69) is 13.8 Å². The van der Waals surface area contributed by atoms with Gasteiger partial charge in [0.05, 0.1) is 0 Å². The van der Waals surface area contributed by atoms with Gasteiger partial charge in [0, 0.05) is 26.7 Å². The first kappa shape index (κ1) is 9.36. The standard InChI is InChI=1S/C9H18N2O/c1-8(2)4-5-11-7-6-10(3)9(11)12/h8H,4-7H2,1-3H3. The maximum absolute atomic E-state index is 11.4. The molecule has 1 heterocycles. The van der Waals surface area contributed by atoms with E-state index < -0.39 is 0 Å². The third-order valence-corrected chi connectivity index (χ3v) is 2.28. The fourth-order valence-electron chi connectivity index (χ4n) is 1.32. The Morgan fingerprint density at radius 1 is 1.42 bits per heavy atom. The Bertz CT molecular complexity index is 168. The van der Waals surface area contributed by atoms with Crippen LogP contribution in [0, 0.1) is 5.92 Å². The highest BCUT2D eigenvalue weighted by atomic mass is 16.2. The summed E-state index contributed by atoms with van der Waals surface area (Å²) < 4.78 is 0. The van der Waals surface area contributed by atoms with Gasteiger partial charge >= 0.3 is 6.03 Å². The lowest BCUT2D eigenvalue weighted by Gasteiger charge is -2.16. The molecule has 0 bridgehead atoms. The summed E-state index contributed by atoms with van der Waals surface area (Å²) in [5.41, 5.74) is 0. The average molecular weight is 170 g/mol. The second kappa shape index (κ2) is 3.78. The number of likely N-dealkylation sites (N-methyl/N-ethyl adjacent to an activating group) is 1. The van der Waals surface area contributed by atoms with Crippen LogP contribution in [0.5, 0.6) is 0 Å². The first-order valence-electron chi connectivity index (χ1n) is 4.61. The minimum Gasteiger partial charge on any atom is -0.326 e. The molecule has 0 radical (unpaired) electrons. The maximum atomic E-state index is 11.4. The fraction of sp³-hybridized carbons (Fsp3) is 0.889. The van der Waals surface area contributed by atoms with Crippen molar-refractivity contribution in [1.29, 1.82) is 0 Å². The quantitative estimate of drug-likeness (QED) is 0.628. The minimum atomic E-state index is 0.190. The van der Waals surface area contributed by atoms with Gasteiger partial charge in [0.15, 0.2) is 0 Å². The number of urea groups is 1. The highest BCUT2D eigenvalue weighted by Gasteiger charge is 2.24. The van der Waals surface area contributed by atoms with Gasteiger partial charge in [-0.3, -0.25) is 0 Å². The van der Waals surface area contributed by atoms with Crippen LogP contribution in [0.3, 0.4) is 0 Å². The number of carbonyl (C=O) groups is 1. The highest BCUT2D eigenvalue weighted by Crippen LogP contribution is 2.09. The molecular formula is C9H18N2O. The summed E-state index contributed by atoms with van der Waals surface area (Å²) in [5, 5.41) is 0. The van der Waals surface area contributed by atoms with E-state index in [9.17, 15) is 4.79 Å². The third kappa shape index (κ3) is 2.13. The summed E-state index contributed by atoms with van der Waals surface area (Å²) in [6, 6.07) is 0.190. The molecule has 0 N–H and O–H groups in total. The zero-order chi connectivity index (χ0) is 9.14. The van der Waals surface area contributed by atoms with Crippen molar-refractivity contribution in [2.45, 2.75) is 20.3 Å². The normalized spacial score (nSPS) is 18.2. The summed E-state index contributed by atoms with van der Waals surface area (Å²) in [6.07, 6.45) is 1.11. The van der Waals surface area contributed by atoms with Gasteiger partial charge in [0.25, 0.3) is 0 Å². The summed E-state index contributed by atoms with van der Waals surface area (Å²) in [6.45, 7) is 7.08. The first-order valence-corrected chi connectivity index (χ1v) is 4.61. The van der Waals surface area contributed by atoms with Crippen molar-refractivity contribution in [3.05, 3.63) is 0 Å². The lowest BCUT2D eigenvalue weighted by atomic mass is 10.1.